The summed E-state index contributed by atoms with van der Waals surface area (Å²) < 4.78 is 4.72. The fourth-order valence-corrected chi connectivity index (χ4v) is 0.463. The van der Waals surface area contributed by atoms with Crippen molar-refractivity contribution in [1.82, 2.24) is 0 Å². The summed E-state index contributed by atoms with van der Waals surface area (Å²) in [6, 6.07) is 0. The summed E-state index contributed by atoms with van der Waals surface area (Å²) in [4.78, 5) is 0. The maximum Gasteiger partial charge on any atom is 0.0784 e. The van der Waals surface area contributed by atoms with Gasteiger partial charge < -0.3 is 4.74 Å². The van der Waals surface area contributed by atoms with E-state index >= 15 is 0 Å². The van der Waals surface area contributed by atoms with Crippen LogP contribution in [0.4, 0.5) is 0 Å². The van der Waals surface area contributed by atoms with Crippen molar-refractivity contribution in [3.05, 3.63) is 25.0 Å². The molecule has 0 aromatic rings. The Morgan fingerprint density at radius 1 is 1.67 bits per heavy atom. The Morgan fingerprint density at radius 2 is 2.33 bits per heavy atom. The summed E-state index contributed by atoms with van der Waals surface area (Å²) in [7, 11) is 1.65. The van der Waals surface area contributed by atoms with Crippen molar-refractivity contribution in [2.75, 3.05) is 7.11 Å². The van der Waals surface area contributed by atoms with Crippen molar-refractivity contribution >= 4 is 0 Å². The predicted molar refractivity (Wildman–Crippen MR) is 40.1 cm³/mol. The molecule has 0 N–H and O–H groups in total. The zero-order chi connectivity index (χ0) is 7.11. The summed E-state index contributed by atoms with van der Waals surface area (Å²) in [6.07, 6.45) is 6.63. The van der Waals surface area contributed by atoms with Crippen molar-refractivity contribution in [2.24, 2.45) is 5.92 Å². The molecule has 0 unspecified atom stereocenters. The lowest BCUT2D eigenvalue weighted by Crippen LogP contribution is -1.83. The SMILES string of the molecule is C=C[C@@H](C)CC=COC. The first kappa shape index (κ1) is 8.28. The van der Waals surface area contributed by atoms with E-state index in [4.69, 9.17) is 4.74 Å². The number of hydrogen-bond donors (Lipinski definition) is 0. The topological polar surface area (TPSA) is 9.23 Å². The summed E-state index contributed by atoms with van der Waals surface area (Å²) >= 11 is 0. The molecule has 0 rings (SSSR count). The van der Waals surface area contributed by atoms with E-state index in [1.54, 1.807) is 13.4 Å². The highest BCUT2D eigenvalue weighted by atomic mass is 16.5. The molecule has 0 aromatic carbocycles. The van der Waals surface area contributed by atoms with Gasteiger partial charge in [0.2, 0.25) is 0 Å². The van der Waals surface area contributed by atoms with Crippen molar-refractivity contribution < 1.29 is 4.74 Å². The van der Waals surface area contributed by atoms with E-state index in [-0.39, 0.29) is 0 Å². The van der Waals surface area contributed by atoms with Crippen LogP contribution in [0.1, 0.15) is 13.3 Å². The first-order valence-electron chi connectivity index (χ1n) is 3.11. The van der Waals surface area contributed by atoms with Crippen LogP contribution in [0, 0.1) is 5.92 Å². The first-order valence-corrected chi connectivity index (χ1v) is 3.11. The highest BCUT2D eigenvalue weighted by Gasteiger charge is 1.88. The molecule has 0 heterocycles. The van der Waals surface area contributed by atoms with Gasteiger partial charge in [-0.05, 0) is 18.4 Å². The second kappa shape index (κ2) is 5.42. The molecular formula is C8H14O. The molecule has 0 aliphatic carbocycles. The van der Waals surface area contributed by atoms with E-state index < -0.39 is 0 Å². The minimum atomic E-state index is 0.552. The lowest BCUT2D eigenvalue weighted by atomic mass is 10.1. The Labute approximate surface area is 57.0 Å². The molecule has 1 atom stereocenters. The van der Waals surface area contributed by atoms with Crippen LogP contribution in [0.15, 0.2) is 25.0 Å². The van der Waals surface area contributed by atoms with Gasteiger partial charge in [-0.25, -0.2) is 0 Å². The molecule has 0 radical (unpaired) electrons. The van der Waals surface area contributed by atoms with Crippen LogP contribution in [-0.2, 0) is 4.74 Å². The average molecular weight is 126 g/mol. The molecule has 1 heteroatoms. The van der Waals surface area contributed by atoms with Gasteiger partial charge in [-0.1, -0.05) is 13.0 Å². The summed E-state index contributed by atoms with van der Waals surface area (Å²) in [5.74, 6) is 0.552. The molecule has 0 aliphatic heterocycles. The lowest BCUT2D eigenvalue weighted by Gasteiger charge is -1.97. The number of allylic oxidation sites excluding steroid dienone is 2. The number of rotatable bonds is 4. The summed E-state index contributed by atoms with van der Waals surface area (Å²) in [5.41, 5.74) is 0. The smallest absolute Gasteiger partial charge is 0.0784 e. The van der Waals surface area contributed by atoms with Gasteiger partial charge in [0.05, 0.1) is 13.4 Å². The van der Waals surface area contributed by atoms with Gasteiger partial charge in [-0.15, -0.1) is 6.58 Å². The van der Waals surface area contributed by atoms with Crippen molar-refractivity contribution in [1.29, 1.82) is 0 Å². The quantitative estimate of drug-likeness (QED) is 0.415. The zero-order valence-corrected chi connectivity index (χ0v) is 6.13. The molecule has 0 aromatic heterocycles. The van der Waals surface area contributed by atoms with E-state index in [9.17, 15) is 0 Å². The molecule has 1 nitrogen and oxygen atoms in total. The Balaban J connectivity index is 3.25. The van der Waals surface area contributed by atoms with Crippen molar-refractivity contribution in [3.63, 3.8) is 0 Å². The molecule has 9 heavy (non-hydrogen) atoms. The fraction of sp³-hybridized carbons (Fsp3) is 0.500. The number of methoxy groups -OCH3 is 1. The lowest BCUT2D eigenvalue weighted by molar-refractivity contribution is 0.336. The third-order valence-electron chi connectivity index (χ3n) is 1.14. The van der Waals surface area contributed by atoms with E-state index in [0.29, 0.717) is 5.92 Å². The van der Waals surface area contributed by atoms with E-state index in [2.05, 4.69) is 13.5 Å². The molecule has 0 saturated heterocycles. The maximum absolute atomic E-state index is 4.72. The maximum atomic E-state index is 4.72. The third-order valence-corrected chi connectivity index (χ3v) is 1.14. The van der Waals surface area contributed by atoms with Gasteiger partial charge in [0, 0.05) is 0 Å². The molecule has 0 amide bonds. The summed E-state index contributed by atoms with van der Waals surface area (Å²) in [6.45, 7) is 5.78. The van der Waals surface area contributed by atoms with Crippen LogP contribution in [-0.4, -0.2) is 7.11 Å². The van der Waals surface area contributed by atoms with Gasteiger partial charge in [-0.2, -0.15) is 0 Å². The van der Waals surface area contributed by atoms with Crippen LogP contribution >= 0.6 is 0 Å². The highest BCUT2D eigenvalue weighted by Crippen LogP contribution is 2.02. The van der Waals surface area contributed by atoms with Gasteiger partial charge in [0.1, 0.15) is 0 Å². The molecule has 0 bridgehead atoms. The molecule has 0 spiro atoms. The van der Waals surface area contributed by atoms with Crippen LogP contribution in [0.25, 0.3) is 0 Å². The van der Waals surface area contributed by atoms with Crippen LogP contribution in [0.3, 0.4) is 0 Å². The minimum Gasteiger partial charge on any atom is -0.505 e. The molecular weight excluding hydrogens is 112 g/mol. The zero-order valence-electron chi connectivity index (χ0n) is 6.13. The fourth-order valence-electron chi connectivity index (χ4n) is 0.463. The van der Waals surface area contributed by atoms with Crippen LogP contribution in [0.2, 0.25) is 0 Å². The molecule has 52 valence electrons. The van der Waals surface area contributed by atoms with Gasteiger partial charge in [0.25, 0.3) is 0 Å². The van der Waals surface area contributed by atoms with Crippen molar-refractivity contribution in [2.45, 2.75) is 13.3 Å². The molecule has 0 fully saturated rings. The Kier molecular flexibility index (Phi) is 4.98. The Morgan fingerprint density at radius 3 is 2.78 bits per heavy atom. The predicted octanol–water partition coefficient (Wildman–Crippen LogP) is 2.36. The van der Waals surface area contributed by atoms with Crippen molar-refractivity contribution in [3.8, 4) is 0 Å². The van der Waals surface area contributed by atoms with E-state index in [1.807, 2.05) is 12.2 Å². The van der Waals surface area contributed by atoms with E-state index in [0.717, 1.165) is 6.42 Å². The van der Waals surface area contributed by atoms with Crippen LogP contribution < -0.4 is 0 Å². The summed E-state index contributed by atoms with van der Waals surface area (Å²) in [5, 5.41) is 0. The van der Waals surface area contributed by atoms with Crippen LogP contribution in [0.5, 0.6) is 0 Å². The molecule has 0 aliphatic rings. The van der Waals surface area contributed by atoms with Gasteiger partial charge >= 0.3 is 0 Å². The monoisotopic (exact) mass is 126 g/mol. The third kappa shape index (κ3) is 5.15. The van der Waals surface area contributed by atoms with Gasteiger partial charge in [-0.3, -0.25) is 0 Å². The Bertz CT molecular complexity index is 94.7. The number of hydrogen-bond acceptors (Lipinski definition) is 1. The number of ether oxygens (including phenoxy) is 1. The average Bonchev–Trinajstić information content (AvgIpc) is 1.89. The standard InChI is InChI=1S/C8H14O/c1-4-8(2)6-5-7-9-3/h4-5,7-8H,1,6H2,2-3H3/t8-/m1/s1. The highest BCUT2D eigenvalue weighted by molar-refractivity contribution is 4.83. The minimum absolute atomic E-state index is 0.552. The Hall–Kier alpha value is -0.720. The van der Waals surface area contributed by atoms with E-state index in [1.165, 1.54) is 0 Å². The largest absolute Gasteiger partial charge is 0.505 e. The first-order chi connectivity index (χ1) is 4.31. The second-order valence-electron chi connectivity index (χ2n) is 2.06. The molecule has 0 saturated carbocycles. The normalized spacial score (nSPS) is 13.6. The second-order valence-corrected chi connectivity index (χ2v) is 2.06. The van der Waals surface area contributed by atoms with Gasteiger partial charge in [0.15, 0.2) is 0 Å².